The van der Waals surface area contributed by atoms with Crippen molar-refractivity contribution in [2.24, 2.45) is 0 Å². The predicted molar refractivity (Wildman–Crippen MR) is 66.5 cm³/mol. The van der Waals surface area contributed by atoms with Gasteiger partial charge in [0.25, 0.3) is 0 Å². The Bertz CT molecular complexity index is 631. The van der Waals surface area contributed by atoms with Crippen LogP contribution in [-0.2, 0) is 0 Å². The number of anilines is 2. The van der Waals surface area contributed by atoms with Gasteiger partial charge in [0.15, 0.2) is 17.4 Å². The van der Waals surface area contributed by atoms with E-state index in [2.05, 4.69) is 9.69 Å². The van der Waals surface area contributed by atoms with Gasteiger partial charge < -0.3 is 5.32 Å². The fourth-order valence-electron chi connectivity index (χ4n) is 1.64. The minimum absolute atomic E-state index is 0.231. The Morgan fingerprint density at radius 2 is 1.84 bits per heavy atom. The number of Topliss-reactive ketones (excluding diaryl/α,β-unsaturated/α-hetero) is 1. The number of rotatable bonds is 3. The number of hydrogen-bond donors (Lipinski definition) is 1. The van der Waals surface area contributed by atoms with Crippen molar-refractivity contribution < 1.29 is 18.0 Å². The predicted octanol–water partition coefficient (Wildman–Crippen LogP) is 3.82. The van der Waals surface area contributed by atoms with Crippen LogP contribution in [0.2, 0.25) is 0 Å². The minimum atomic E-state index is -1.07. The van der Waals surface area contributed by atoms with Crippen LogP contribution in [0.3, 0.4) is 0 Å². The molecule has 0 fully saturated rings. The molecule has 0 amide bonds. The molecule has 0 atom stereocenters. The second kappa shape index (κ2) is 5.00. The van der Waals surface area contributed by atoms with E-state index in [-0.39, 0.29) is 16.3 Å². The number of aryl methyl sites for hydroxylation is 1. The van der Waals surface area contributed by atoms with E-state index in [4.69, 9.17) is 0 Å². The molecule has 0 aliphatic rings. The average molecular weight is 286 g/mol. The van der Waals surface area contributed by atoms with E-state index >= 15 is 0 Å². The summed E-state index contributed by atoms with van der Waals surface area (Å²) in [7, 11) is 0. The molecule has 0 radical (unpaired) electrons. The molecule has 19 heavy (non-hydrogen) atoms. The van der Waals surface area contributed by atoms with Gasteiger partial charge in [0, 0.05) is 12.1 Å². The zero-order valence-electron chi connectivity index (χ0n) is 10.1. The van der Waals surface area contributed by atoms with Gasteiger partial charge in [-0.15, -0.1) is 0 Å². The van der Waals surface area contributed by atoms with E-state index in [1.54, 1.807) is 6.92 Å². The second-order valence-corrected chi connectivity index (χ2v) is 4.67. The molecule has 3 nitrogen and oxygen atoms in total. The Labute approximate surface area is 111 Å². The second-order valence-electron chi connectivity index (χ2n) is 3.90. The normalized spacial score (nSPS) is 10.6. The Hall–Kier alpha value is -1.89. The molecule has 2 aromatic rings. The third-order valence-electron chi connectivity index (χ3n) is 2.46. The van der Waals surface area contributed by atoms with Gasteiger partial charge in [-0.2, -0.15) is 4.37 Å². The summed E-state index contributed by atoms with van der Waals surface area (Å²) in [6.07, 6.45) is 0. The van der Waals surface area contributed by atoms with Crippen molar-refractivity contribution in [1.29, 1.82) is 0 Å². The fraction of sp³-hybridized carbons (Fsp3) is 0.167. The highest BCUT2D eigenvalue weighted by Gasteiger charge is 2.18. The molecule has 1 aromatic carbocycles. The molecule has 1 heterocycles. The number of nitrogens with one attached hydrogen (secondary N) is 1. The quantitative estimate of drug-likeness (QED) is 0.872. The lowest BCUT2D eigenvalue weighted by atomic mass is 10.2. The molecule has 1 N–H and O–H groups in total. The molecule has 0 unspecified atom stereocenters. The highest BCUT2D eigenvalue weighted by atomic mass is 32.1. The highest BCUT2D eigenvalue weighted by molar-refractivity contribution is 7.10. The molecule has 0 saturated heterocycles. The zero-order valence-corrected chi connectivity index (χ0v) is 10.9. The number of benzene rings is 1. The minimum Gasteiger partial charge on any atom is -0.341 e. The Morgan fingerprint density at radius 1 is 1.26 bits per heavy atom. The number of nitrogens with zero attached hydrogens (tertiary/aromatic N) is 1. The molecule has 0 saturated carbocycles. The van der Waals surface area contributed by atoms with Crippen LogP contribution in [0.1, 0.15) is 23.0 Å². The standard InChI is InChI=1S/C12H9F3N2OS/c1-5-10(6(2)18)12(19-17-5)16-11-8(14)3-7(13)4-9(11)15/h3-4,16H,1-2H3. The number of ketones is 1. The van der Waals surface area contributed by atoms with Crippen LogP contribution in [-0.4, -0.2) is 10.2 Å². The van der Waals surface area contributed by atoms with Crippen molar-refractivity contribution in [2.75, 3.05) is 5.32 Å². The number of hydrogen-bond acceptors (Lipinski definition) is 4. The summed E-state index contributed by atoms with van der Waals surface area (Å²) in [6, 6.07) is 1.12. The zero-order chi connectivity index (χ0) is 14.2. The fourth-order valence-corrected chi connectivity index (χ4v) is 2.49. The molecule has 1 aromatic heterocycles. The van der Waals surface area contributed by atoms with Gasteiger partial charge in [-0.25, -0.2) is 13.2 Å². The summed E-state index contributed by atoms with van der Waals surface area (Å²) in [5, 5.41) is 2.69. The third-order valence-corrected chi connectivity index (χ3v) is 3.31. The number of halogens is 3. The lowest BCUT2D eigenvalue weighted by Gasteiger charge is -2.08. The van der Waals surface area contributed by atoms with E-state index in [0.29, 0.717) is 17.8 Å². The first kappa shape index (κ1) is 13.5. The smallest absolute Gasteiger partial charge is 0.164 e. The number of aromatic nitrogens is 1. The summed E-state index contributed by atoms with van der Waals surface area (Å²) in [4.78, 5) is 11.4. The van der Waals surface area contributed by atoms with Crippen LogP contribution in [0.5, 0.6) is 0 Å². The van der Waals surface area contributed by atoms with Crippen LogP contribution >= 0.6 is 11.5 Å². The van der Waals surface area contributed by atoms with E-state index in [9.17, 15) is 18.0 Å². The molecule has 2 rings (SSSR count). The number of carbonyl (C=O) groups excluding carboxylic acids is 1. The molecule has 100 valence electrons. The molecule has 0 spiro atoms. The largest absolute Gasteiger partial charge is 0.341 e. The van der Waals surface area contributed by atoms with E-state index < -0.39 is 23.1 Å². The van der Waals surface area contributed by atoms with E-state index in [1.807, 2.05) is 0 Å². The Balaban J connectivity index is 2.45. The molecule has 0 bridgehead atoms. The monoisotopic (exact) mass is 286 g/mol. The Kier molecular flexibility index (Phi) is 3.57. The lowest BCUT2D eigenvalue weighted by Crippen LogP contribution is -2.02. The van der Waals surface area contributed by atoms with Crippen LogP contribution in [0.25, 0.3) is 0 Å². The van der Waals surface area contributed by atoms with Crippen molar-refractivity contribution in [2.45, 2.75) is 13.8 Å². The van der Waals surface area contributed by atoms with Gasteiger partial charge in [-0.3, -0.25) is 4.79 Å². The summed E-state index contributed by atoms with van der Waals surface area (Å²) in [5.74, 6) is -3.42. The average Bonchev–Trinajstić information content (AvgIpc) is 2.64. The van der Waals surface area contributed by atoms with Gasteiger partial charge >= 0.3 is 0 Å². The summed E-state index contributed by atoms with van der Waals surface area (Å²) < 4.78 is 43.7. The highest BCUT2D eigenvalue weighted by Crippen LogP contribution is 2.31. The topological polar surface area (TPSA) is 42.0 Å². The van der Waals surface area contributed by atoms with E-state index in [0.717, 1.165) is 11.5 Å². The van der Waals surface area contributed by atoms with Crippen molar-refractivity contribution in [1.82, 2.24) is 4.37 Å². The van der Waals surface area contributed by atoms with Gasteiger partial charge in [0.2, 0.25) is 0 Å². The Morgan fingerprint density at radius 3 is 2.37 bits per heavy atom. The van der Waals surface area contributed by atoms with Crippen LogP contribution in [0, 0.1) is 24.4 Å². The maximum atomic E-state index is 13.5. The van der Waals surface area contributed by atoms with Crippen molar-refractivity contribution >= 4 is 28.0 Å². The van der Waals surface area contributed by atoms with Gasteiger partial charge in [-0.05, 0) is 25.4 Å². The van der Waals surface area contributed by atoms with Crippen molar-refractivity contribution in [3.63, 3.8) is 0 Å². The summed E-state index contributed by atoms with van der Waals surface area (Å²) in [5.41, 5.74) is 0.239. The molecular weight excluding hydrogens is 277 g/mol. The molecule has 0 aliphatic heterocycles. The maximum Gasteiger partial charge on any atom is 0.164 e. The van der Waals surface area contributed by atoms with Crippen LogP contribution in [0.4, 0.5) is 23.9 Å². The summed E-state index contributed by atoms with van der Waals surface area (Å²) >= 11 is 0.912. The third kappa shape index (κ3) is 2.60. The molecular formula is C12H9F3N2OS. The lowest BCUT2D eigenvalue weighted by molar-refractivity contribution is 0.101. The number of carbonyl (C=O) groups is 1. The van der Waals surface area contributed by atoms with Crippen LogP contribution in [0.15, 0.2) is 12.1 Å². The first-order valence-electron chi connectivity index (χ1n) is 5.29. The van der Waals surface area contributed by atoms with Gasteiger partial charge in [-0.1, -0.05) is 0 Å². The van der Waals surface area contributed by atoms with Gasteiger partial charge in [0.1, 0.15) is 16.5 Å². The molecule has 7 heteroatoms. The van der Waals surface area contributed by atoms with Crippen molar-refractivity contribution in [3.8, 4) is 0 Å². The van der Waals surface area contributed by atoms with E-state index in [1.165, 1.54) is 6.92 Å². The summed E-state index contributed by atoms with van der Waals surface area (Å²) in [6.45, 7) is 2.95. The maximum absolute atomic E-state index is 13.5. The first-order chi connectivity index (χ1) is 8.90. The van der Waals surface area contributed by atoms with Crippen LogP contribution < -0.4 is 5.32 Å². The first-order valence-corrected chi connectivity index (χ1v) is 6.06. The van der Waals surface area contributed by atoms with Crippen molar-refractivity contribution in [3.05, 3.63) is 40.8 Å². The SMILES string of the molecule is CC(=O)c1c(C)nsc1Nc1c(F)cc(F)cc1F. The molecule has 0 aliphatic carbocycles. The van der Waals surface area contributed by atoms with Gasteiger partial charge in [0.05, 0.1) is 11.3 Å².